The molecule has 0 spiro atoms. The van der Waals surface area contributed by atoms with Gasteiger partial charge in [0.05, 0.1) is 12.4 Å². The van der Waals surface area contributed by atoms with E-state index in [-0.39, 0.29) is 0 Å². The maximum atomic E-state index is 10.7. The Bertz CT molecular complexity index is 237. The molecular weight excluding hydrogens is 168 g/mol. The van der Waals surface area contributed by atoms with Crippen LogP contribution in [0.4, 0.5) is 0 Å². The molecule has 66 valence electrons. The smallest absolute Gasteiger partial charge is 0.265 e. The highest BCUT2D eigenvalue weighted by atomic mass is 32.2. The average Bonchev–Trinajstić information content (AvgIpc) is 2.43. The molecule has 0 aromatic heterocycles. The van der Waals surface area contributed by atoms with Gasteiger partial charge in [0.15, 0.2) is 0 Å². The molecule has 1 aliphatic carbocycles. The molecule has 0 heterocycles. The van der Waals surface area contributed by atoms with Gasteiger partial charge in [0, 0.05) is 0 Å². The van der Waals surface area contributed by atoms with Crippen LogP contribution in [-0.2, 0) is 14.3 Å². The third-order valence-electron chi connectivity index (χ3n) is 1.82. The monoisotopic (exact) mass is 180 g/mol. The van der Waals surface area contributed by atoms with Crippen LogP contribution in [0.3, 0.4) is 0 Å². The lowest BCUT2D eigenvalue weighted by Gasteiger charge is -2.16. The van der Waals surface area contributed by atoms with Crippen LogP contribution >= 0.6 is 0 Å². The zero-order chi connectivity index (χ0) is 8.70. The van der Waals surface area contributed by atoms with E-state index < -0.39 is 21.8 Å². The van der Waals surface area contributed by atoms with Crippen molar-refractivity contribution in [3.63, 3.8) is 0 Å². The molecule has 5 heteroatoms. The van der Waals surface area contributed by atoms with E-state index in [1.807, 2.05) is 0 Å². The zero-order valence-corrected chi connectivity index (χ0v) is 7.39. The summed E-state index contributed by atoms with van der Waals surface area (Å²) in [6, 6.07) is 0. The highest BCUT2D eigenvalue weighted by Gasteiger charge is 2.51. The summed E-state index contributed by atoms with van der Waals surface area (Å²) in [5.41, 5.74) is -0.798. The fourth-order valence-electron chi connectivity index (χ4n) is 0.995. The van der Waals surface area contributed by atoms with E-state index in [9.17, 15) is 8.42 Å². The van der Waals surface area contributed by atoms with Crippen LogP contribution in [0.2, 0.25) is 0 Å². The molecule has 4 nitrogen and oxygen atoms in total. The van der Waals surface area contributed by atoms with Crippen molar-refractivity contribution < 1.29 is 17.7 Å². The van der Waals surface area contributed by atoms with Crippen molar-refractivity contribution in [2.45, 2.75) is 31.5 Å². The summed E-state index contributed by atoms with van der Waals surface area (Å²) >= 11 is 0. The van der Waals surface area contributed by atoms with Gasteiger partial charge in [-0.25, -0.2) is 0 Å². The van der Waals surface area contributed by atoms with Gasteiger partial charge in [-0.3, -0.25) is 4.18 Å². The summed E-state index contributed by atoms with van der Waals surface area (Å²) in [6.07, 6.45) is 1.53. The predicted octanol–water partition coefficient (Wildman–Crippen LogP) is -0.124. The van der Waals surface area contributed by atoms with E-state index in [2.05, 4.69) is 0 Å². The lowest BCUT2D eigenvalue weighted by atomic mass is 10.2. The summed E-state index contributed by atoms with van der Waals surface area (Å²) in [5.74, 6) is 0. The van der Waals surface area contributed by atoms with Crippen LogP contribution in [0.1, 0.15) is 19.8 Å². The predicted molar refractivity (Wildman–Crippen MR) is 39.6 cm³/mol. The first kappa shape index (κ1) is 8.96. The van der Waals surface area contributed by atoms with Crippen molar-refractivity contribution in [1.82, 2.24) is 0 Å². The molecule has 0 saturated heterocycles. The Balaban J connectivity index is 2.63. The summed E-state index contributed by atoms with van der Waals surface area (Å²) in [7, 11) is -3.42. The molecule has 1 unspecified atom stereocenters. The minimum Gasteiger partial charge on any atom is -0.390 e. The lowest BCUT2D eigenvalue weighted by Crippen LogP contribution is -2.30. The molecule has 1 saturated carbocycles. The molecule has 1 aliphatic rings. The Morgan fingerprint density at radius 3 is 2.09 bits per heavy atom. The molecule has 1 rings (SSSR count). The van der Waals surface area contributed by atoms with Crippen molar-refractivity contribution in [1.29, 1.82) is 0 Å². The number of aliphatic hydroxyl groups is 1. The summed E-state index contributed by atoms with van der Waals surface area (Å²) in [5, 5.41) is 9.12. The van der Waals surface area contributed by atoms with E-state index in [1.54, 1.807) is 0 Å². The number of rotatable bonds is 3. The second-order valence-corrected chi connectivity index (χ2v) is 4.60. The van der Waals surface area contributed by atoms with Gasteiger partial charge in [0.1, 0.15) is 5.60 Å². The fraction of sp³-hybridized carbons (Fsp3) is 1.00. The lowest BCUT2D eigenvalue weighted by molar-refractivity contribution is 0.0348. The Hall–Kier alpha value is -0.130. The summed E-state index contributed by atoms with van der Waals surface area (Å²) < 4.78 is 26.0. The molecule has 1 fully saturated rings. The first-order chi connectivity index (χ1) is 4.86. The van der Waals surface area contributed by atoms with Crippen LogP contribution in [0, 0.1) is 0 Å². The van der Waals surface area contributed by atoms with Gasteiger partial charge < -0.3 is 5.11 Å². The number of hydrogen-bond acceptors (Lipinski definition) is 4. The summed E-state index contributed by atoms with van der Waals surface area (Å²) in [4.78, 5) is 0. The standard InChI is InChI=1S/C6H12O4S/c1-5(7)6(3-4-6)10-11(2,8)9/h5,7H,3-4H2,1-2H3. The average molecular weight is 180 g/mol. The van der Waals surface area contributed by atoms with Crippen molar-refractivity contribution in [2.24, 2.45) is 0 Å². The van der Waals surface area contributed by atoms with Crippen molar-refractivity contribution in [3.8, 4) is 0 Å². The molecular formula is C6H12O4S. The van der Waals surface area contributed by atoms with Gasteiger partial charge >= 0.3 is 0 Å². The van der Waals surface area contributed by atoms with Crippen LogP contribution in [-0.4, -0.2) is 31.5 Å². The zero-order valence-electron chi connectivity index (χ0n) is 6.57. The first-order valence-electron chi connectivity index (χ1n) is 3.44. The maximum absolute atomic E-state index is 10.7. The highest BCUT2D eigenvalue weighted by molar-refractivity contribution is 7.86. The van der Waals surface area contributed by atoms with Crippen LogP contribution in [0.5, 0.6) is 0 Å². The van der Waals surface area contributed by atoms with E-state index in [1.165, 1.54) is 6.92 Å². The SMILES string of the molecule is CC(O)C1(OS(C)(=O)=O)CC1. The van der Waals surface area contributed by atoms with E-state index in [4.69, 9.17) is 9.29 Å². The molecule has 0 bridgehead atoms. The highest BCUT2D eigenvalue weighted by Crippen LogP contribution is 2.43. The Morgan fingerprint density at radius 2 is 2.00 bits per heavy atom. The van der Waals surface area contributed by atoms with Gasteiger partial charge in [0.2, 0.25) is 0 Å². The van der Waals surface area contributed by atoms with Gasteiger partial charge in [-0.05, 0) is 19.8 Å². The summed E-state index contributed by atoms with van der Waals surface area (Å²) in [6.45, 7) is 1.54. The third-order valence-corrected chi connectivity index (χ3v) is 2.46. The Kier molecular flexibility index (Phi) is 1.98. The molecule has 0 amide bonds. The fourth-order valence-corrected chi connectivity index (χ4v) is 1.90. The first-order valence-corrected chi connectivity index (χ1v) is 5.26. The number of aliphatic hydroxyl groups excluding tert-OH is 1. The molecule has 1 N–H and O–H groups in total. The minimum atomic E-state index is -3.42. The second kappa shape index (κ2) is 2.43. The third kappa shape index (κ3) is 2.15. The van der Waals surface area contributed by atoms with Gasteiger partial charge in [0.25, 0.3) is 10.1 Å². The molecule has 0 radical (unpaired) electrons. The molecule has 11 heavy (non-hydrogen) atoms. The normalized spacial score (nSPS) is 24.6. The van der Waals surface area contributed by atoms with Gasteiger partial charge in [-0.1, -0.05) is 0 Å². The van der Waals surface area contributed by atoms with E-state index in [0.717, 1.165) is 6.26 Å². The maximum Gasteiger partial charge on any atom is 0.265 e. The minimum absolute atomic E-state index is 0.623. The molecule has 0 aliphatic heterocycles. The van der Waals surface area contributed by atoms with Crippen LogP contribution in [0.15, 0.2) is 0 Å². The van der Waals surface area contributed by atoms with Crippen molar-refractivity contribution in [3.05, 3.63) is 0 Å². The van der Waals surface area contributed by atoms with Crippen molar-refractivity contribution in [2.75, 3.05) is 6.26 Å². The van der Waals surface area contributed by atoms with Crippen LogP contribution < -0.4 is 0 Å². The molecule has 0 aromatic carbocycles. The Morgan fingerprint density at radius 1 is 1.55 bits per heavy atom. The second-order valence-electron chi connectivity index (χ2n) is 3.03. The number of hydrogen-bond donors (Lipinski definition) is 1. The van der Waals surface area contributed by atoms with Crippen molar-refractivity contribution >= 4 is 10.1 Å². The van der Waals surface area contributed by atoms with Crippen LogP contribution in [0.25, 0.3) is 0 Å². The quantitative estimate of drug-likeness (QED) is 0.615. The molecule has 1 atom stereocenters. The van der Waals surface area contributed by atoms with Gasteiger partial charge in [-0.15, -0.1) is 0 Å². The van der Waals surface area contributed by atoms with E-state index >= 15 is 0 Å². The van der Waals surface area contributed by atoms with Gasteiger partial charge in [-0.2, -0.15) is 8.42 Å². The largest absolute Gasteiger partial charge is 0.390 e. The Labute approximate surface area is 66.3 Å². The topological polar surface area (TPSA) is 63.6 Å². The van der Waals surface area contributed by atoms with E-state index in [0.29, 0.717) is 12.8 Å². The molecule has 0 aromatic rings.